The van der Waals surface area contributed by atoms with Crippen LogP contribution in [0, 0.1) is 12.3 Å². The Hall–Kier alpha value is -1.52. The molecule has 0 aliphatic carbocycles. The Morgan fingerprint density at radius 3 is 2.47 bits per heavy atom. The standard InChI is InChI=1S/C14H24N4O/c1-5-14(6-2)7-8-18(9-14)13(19)12-11(15)10(3)16-17(12)4/h5-9,15H2,1-4H3. The molecule has 1 aromatic heterocycles. The highest BCUT2D eigenvalue weighted by atomic mass is 16.2. The predicted octanol–water partition coefficient (Wildman–Crippen LogP) is 1.96. The van der Waals surface area contributed by atoms with Gasteiger partial charge in [0.05, 0.1) is 11.4 Å². The van der Waals surface area contributed by atoms with Crippen molar-refractivity contribution >= 4 is 11.6 Å². The minimum Gasteiger partial charge on any atom is -0.395 e. The maximum atomic E-state index is 12.6. The van der Waals surface area contributed by atoms with Crippen molar-refractivity contribution in [3.05, 3.63) is 11.4 Å². The van der Waals surface area contributed by atoms with E-state index in [4.69, 9.17) is 5.73 Å². The summed E-state index contributed by atoms with van der Waals surface area (Å²) in [4.78, 5) is 14.5. The highest BCUT2D eigenvalue weighted by Crippen LogP contribution is 2.37. The molecular formula is C14H24N4O. The molecule has 1 aliphatic rings. The van der Waals surface area contributed by atoms with E-state index >= 15 is 0 Å². The van der Waals surface area contributed by atoms with Gasteiger partial charge >= 0.3 is 0 Å². The first-order chi connectivity index (χ1) is 8.94. The van der Waals surface area contributed by atoms with Crippen LogP contribution >= 0.6 is 0 Å². The van der Waals surface area contributed by atoms with Gasteiger partial charge in [0, 0.05) is 20.1 Å². The van der Waals surface area contributed by atoms with Crippen molar-refractivity contribution in [3.8, 4) is 0 Å². The maximum Gasteiger partial charge on any atom is 0.274 e. The SMILES string of the molecule is CCC1(CC)CCN(C(=O)c2c(N)c(C)nn2C)C1. The molecule has 1 aliphatic heterocycles. The summed E-state index contributed by atoms with van der Waals surface area (Å²) in [5.74, 6) is 0.0179. The van der Waals surface area contributed by atoms with E-state index in [0.717, 1.165) is 38.0 Å². The number of aryl methyl sites for hydroxylation is 2. The van der Waals surface area contributed by atoms with Crippen molar-refractivity contribution in [1.82, 2.24) is 14.7 Å². The van der Waals surface area contributed by atoms with Crippen LogP contribution in [0.5, 0.6) is 0 Å². The minimum atomic E-state index is 0.0179. The fourth-order valence-electron chi connectivity index (χ4n) is 3.01. The molecule has 5 heteroatoms. The van der Waals surface area contributed by atoms with Gasteiger partial charge in [0.15, 0.2) is 0 Å². The fourth-order valence-corrected chi connectivity index (χ4v) is 3.01. The zero-order valence-corrected chi connectivity index (χ0v) is 12.4. The van der Waals surface area contributed by atoms with Crippen molar-refractivity contribution in [2.75, 3.05) is 18.8 Å². The van der Waals surface area contributed by atoms with Gasteiger partial charge in [0.25, 0.3) is 5.91 Å². The molecular weight excluding hydrogens is 240 g/mol. The molecule has 0 unspecified atom stereocenters. The summed E-state index contributed by atoms with van der Waals surface area (Å²) in [6, 6.07) is 0. The van der Waals surface area contributed by atoms with E-state index < -0.39 is 0 Å². The van der Waals surface area contributed by atoms with Crippen molar-refractivity contribution in [1.29, 1.82) is 0 Å². The van der Waals surface area contributed by atoms with Crippen molar-refractivity contribution < 1.29 is 4.79 Å². The lowest BCUT2D eigenvalue weighted by Crippen LogP contribution is -2.33. The van der Waals surface area contributed by atoms with Gasteiger partial charge in [-0.15, -0.1) is 0 Å². The van der Waals surface area contributed by atoms with Gasteiger partial charge in [-0.25, -0.2) is 0 Å². The summed E-state index contributed by atoms with van der Waals surface area (Å²) < 4.78 is 1.60. The molecule has 0 atom stereocenters. The number of carbonyl (C=O) groups excluding carboxylic acids is 1. The Morgan fingerprint density at radius 1 is 1.42 bits per heavy atom. The van der Waals surface area contributed by atoms with Gasteiger partial charge < -0.3 is 10.6 Å². The van der Waals surface area contributed by atoms with Crippen LogP contribution in [0.15, 0.2) is 0 Å². The minimum absolute atomic E-state index is 0.0179. The Kier molecular flexibility index (Phi) is 3.56. The lowest BCUT2D eigenvalue weighted by Gasteiger charge is -2.26. The molecule has 1 amide bonds. The summed E-state index contributed by atoms with van der Waals surface area (Å²) in [6.45, 7) is 7.91. The van der Waals surface area contributed by atoms with Crippen LogP contribution in [0.1, 0.15) is 49.3 Å². The Morgan fingerprint density at radius 2 is 2.05 bits per heavy atom. The summed E-state index contributed by atoms with van der Waals surface area (Å²) in [5.41, 5.74) is 8.03. The van der Waals surface area contributed by atoms with Crippen molar-refractivity contribution in [3.63, 3.8) is 0 Å². The molecule has 1 saturated heterocycles. The number of nitrogens with zero attached hydrogens (tertiary/aromatic N) is 3. The monoisotopic (exact) mass is 264 g/mol. The van der Waals surface area contributed by atoms with Crippen molar-refractivity contribution in [2.24, 2.45) is 12.5 Å². The molecule has 0 bridgehead atoms. The van der Waals surface area contributed by atoms with Gasteiger partial charge in [0.2, 0.25) is 0 Å². The number of nitrogen functional groups attached to an aromatic ring is 1. The summed E-state index contributed by atoms with van der Waals surface area (Å²) in [7, 11) is 1.78. The number of hydrogen-bond donors (Lipinski definition) is 1. The highest BCUT2D eigenvalue weighted by Gasteiger charge is 2.38. The smallest absolute Gasteiger partial charge is 0.274 e. The topological polar surface area (TPSA) is 64.2 Å². The molecule has 106 valence electrons. The second kappa shape index (κ2) is 4.87. The van der Waals surface area contributed by atoms with Gasteiger partial charge in [0.1, 0.15) is 5.69 Å². The number of amides is 1. The van der Waals surface area contributed by atoms with Crippen molar-refractivity contribution in [2.45, 2.75) is 40.0 Å². The molecule has 0 spiro atoms. The van der Waals surface area contributed by atoms with E-state index in [-0.39, 0.29) is 11.3 Å². The Balaban J connectivity index is 2.22. The zero-order chi connectivity index (χ0) is 14.2. The molecule has 1 aromatic rings. The fraction of sp³-hybridized carbons (Fsp3) is 0.714. The molecule has 0 aromatic carbocycles. The second-order valence-electron chi connectivity index (χ2n) is 5.66. The molecule has 0 saturated carbocycles. The number of nitrogens with two attached hydrogens (primary N) is 1. The first-order valence-corrected chi connectivity index (χ1v) is 7.02. The van der Waals surface area contributed by atoms with Crippen LogP contribution < -0.4 is 5.73 Å². The van der Waals surface area contributed by atoms with Crippen LogP contribution in [-0.2, 0) is 7.05 Å². The third kappa shape index (κ3) is 2.22. The van der Waals surface area contributed by atoms with Crippen LogP contribution in [0.2, 0.25) is 0 Å². The average Bonchev–Trinajstić information content (AvgIpc) is 2.93. The number of hydrogen-bond acceptors (Lipinski definition) is 3. The molecule has 0 radical (unpaired) electrons. The zero-order valence-electron chi connectivity index (χ0n) is 12.4. The predicted molar refractivity (Wildman–Crippen MR) is 75.9 cm³/mol. The number of aromatic nitrogens is 2. The molecule has 5 nitrogen and oxygen atoms in total. The van der Waals surface area contributed by atoms with E-state index in [1.54, 1.807) is 11.7 Å². The summed E-state index contributed by atoms with van der Waals surface area (Å²) >= 11 is 0. The number of likely N-dealkylation sites (tertiary alicyclic amines) is 1. The van der Waals surface area contributed by atoms with Crippen LogP contribution in [0.3, 0.4) is 0 Å². The van der Waals surface area contributed by atoms with E-state index in [1.807, 2.05) is 11.8 Å². The first kappa shape index (κ1) is 13.9. The molecule has 1 fully saturated rings. The van der Waals surface area contributed by atoms with E-state index in [0.29, 0.717) is 11.4 Å². The lowest BCUT2D eigenvalue weighted by atomic mass is 9.82. The Labute approximate surface area is 114 Å². The van der Waals surface area contributed by atoms with E-state index in [1.165, 1.54) is 0 Å². The quantitative estimate of drug-likeness (QED) is 0.907. The molecule has 19 heavy (non-hydrogen) atoms. The van der Waals surface area contributed by atoms with Gasteiger partial charge in [-0.3, -0.25) is 9.48 Å². The number of carbonyl (C=O) groups is 1. The third-order valence-electron chi connectivity index (χ3n) is 4.70. The normalized spacial score (nSPS) is 18.0. The second-order valence-corrected chi connectivity index (χ2v) is 5.66. The summed E-state index contributed by atoms with van der Waals surface area (Å²) in [6.07, 6.45) is 3.32. The van der Waals surface area contributed by atoms with Crippen LogP contribution in [0.25, 0.3) is 0 Å². The lowest BCUT2D eigenvalue weighted by molar-refractivity contribution is 0.0760. The number of anilines is 1. The van der Waals surface area contributed by atoms with E-state index in [9.17, 15) is 4.79 Å². The van der Waals surface area contributed by atoms with Gasteiger partial charge in [-0.05, 0) is 31.6 Å². The maximum absolute atomic E-state index is 12.6. The molecule has 2 N–H and O–H groups in total. The largest absolute Gasteiger partial charge is 0.395 e. The van der Waals surface area contributed by atoms with Crippen LogP contribution in [0.4, 0.5) is 5.69 Å². The van der Waals surface area contributed by atoms with Gasteiger partial charge in [-0.2, -0.15) is 5.10 Å². The van der Waals surface area contributed by atoms with Crippen LogP contribution in [-0.4, -0.2) is 33.7 Å². The first-order valence-electron chi connectivity index (χ1n) is 7.02. The third-order valence-corrected chi connectivity index (χ3v) is 4.70. The van der Waals surface area contributed by atoms with E-state index in [2.05, 4.69) is 18.9 Å². The molecule has 2 heterocycles. The average molecular weight is 264 g/mol. The highest BCUT2D eigenvalue weighted by molar-refractivity contribution is 5.98. The number of rotatable bonds is 3. The van der Waals surface area contributed by atoms with Gasteiger partial charge in [-0.1, -0.05) is 13.8 Å². The summed E-state index contributed by atoms with van der Waals surface area (Å²) in [5, 5.41) is 4.22. The molecule has 2 rings (SSSR count). The Bertz CT molecular complexity index is 488.